The zero-order valence-corrected chi connectivity index (χ0v) is 8.01. The lowest BCUT2D eigenvalue weighted by Crippen LogP contribution is -2.37. The second-order valence-corrected chi connectivity index (χ2v) is 4.69. The van der Waals surface area contributed by atoms with E-state index < -0.39 is 0 Å². The SMILES string of the molecule is Cc1ccc2c(c1)C(C1(N)CC1)C2. The summed E-state index contributed by atoms with van der Waals surface area (Å²) in [4.78, 5) is 0. The first-order valence-corrected chi connectivity index (χ1v) is 5.07. The van der Waals surface area contributed by atoms with Crippen molar-refractivity contribution in [2.24, 2.45) is 5.73 Å². The van der Waals surface area contributed by atoms with Gasteiger partial charge >= 0.3 is 0 Å². The lowest BCUT2D eigenvalue weighted by atomic mass is 9.72. The van der Waals surface area contributed by atoms with Gasteiger partial charge in [-0.25, -0.2) is 0 Å². The zero-order valence-electron chi connectivity index (χ0n) is 8.01. The fourth-order valence-corrected chi connectivity index (χ4v) is 2.43. The summed E-state index contributed by atoms with van der Waals surface area (Å²) in [7, 11) is 0. The zero-order chi connectivity index (χ0) is 9.05. The van der Waals surface area contributed by atoms with E-state index in [4.69, 9.17) is 5.73 Å². The molecule has 0 saturated heterocycles. The highest BCUT2D eigenvalue weighted by Crippen LogP contribution is 2.52. The van der Waals surface area contributed by atoms with Gasteiger partial charge in [-0.1, -0.05) is 23.8 Å². The number of fused-ring (bicyclic) bond motifs is 1. The highest BCUT2D eigenvalue weighted by atomic mass is 14.8. The molecule has 1 unspecified atom stereocenters. The van der Waals surface area contributed by atoms with Gasteiger partial charge in [-0.2, -0.15) is 0 Å². The first kappa shape index (κ1) is 7.57. The van der Waals surface area contributed by atoms with Gasteiger partial charge in [0.05, 0.1) is 0 Å². The van der Waals surface area contributed by atoms with E-state index in [2.05, 4.69) is 25.1 Å². The second-order valence-electron chi connectivity index (χ2n) is 4.69. The molecule has 1 atom stereocenters. The summed E-state index contributed by atoms with van der Waals surface area (Å²) in [6.07, 6.45) is 3.67. The van der Waals surface area contributed by atoms with Crippen LogP contribution >= 0.6 is 0 Å². The Bertz CT molecular complexity index is 363. The van der Waals surface area contributed by atoms with Crippen LogP contribution in [0.15, 0.2) is 18.2 Å². The number of aryl methyl sites for hydroxylation is 1. The van der Waals surface area contributed by atoms with Crippen LogP contribution in [-0.4, -0.2) is 5.54 Å². The topological polar surface area (TPSA) is 26.0 Å². The largest absolute Gasteiger partial charge is 0.325 e. The van der Waals surface area contributed by atoms with Crippen LogP contribution in [0.5, 0.6) is 0 Å². The fourth-order valence-electron chi connectivity index (χ4n) is 2.43. The second kappa shape index (κ2) is 2.16. The van der Waals surface area contributed by atoms with Crippen LogP contribution in [-0.2, 0) is 6.42 Å². The van der Waals surface area contributed by atoms with Crippen molar-refractivity contribution in [3.8, 4) is 0 Å². The van der Waals surface area contributed by atoms with Crippen molar-refractivity contribution in [1.82, 2.24) is 0 Å². The Morgan fingerprint density at radius 1 is 1.38 bits per heavy atom. The van der Waals surface area contributed by atoms with Gasteiger partial charge in [0.25, 0.3) is 0 Å². The van der Waals surface area contributed by atoms with Crippen LogP contribution in [0.2, 0.25) is 0 Å². The minimum Gasteiger partial charge on any atom is -0.325 e. The number of rotatable bonds is 1. The molecule has 0 radical (unpaired) electrons. The van der Waals surface area contributed by atoms with Crippen molar-refractivity contribution in [3.63, 3.8) is 0 Å². The molecule has 2 aliphatic carbocycles. The minimum absolute atomic E-state index is 0.181. The Morgan fingerprint density at radius 2 is 2.15 bits per heavy atom. The van der Waals surface area contributed by atoms with Gasteiger partial charge in [-0.3, -0.25) is 0 Å². The van der Waals surface area contributed by atoms with Crippen LogP contribution < -0.4 is 5.73 Å². The highest BCUT2D eigenvalue weighted by molar-refractivity contribution is 5.46. The molecule has 1 fully saturated rings. The quantitative estimate of drug-likeness (QED) is 0.691. The molecular weight excluding hydrogens is 158 g/mol. The molecule has 0 amide bonds. The molecule has 2 aliphatic rings. The molecule has 0 aliphatic heterocycles. The van der Waals surface area contributed by atoms with Gasteiger partial charge in [0.1, 0.15) is 0 Å². The summed E-state index contributed by atoms with van der Waals surface area (Å²) in [5.74, 6) is 0.669. The molecule has 1 aromatic carbocycles. The number of nitrogens with two attached hydrogens (primary N) is 1. The Balaban J connectivity index is 1.99. The van der Waals surface area contributed by atoms with E-state index in [1.165, 1.54) is 36.0 Å². The van der Waals surface area contributed by atoms with Crippen LogP contribution in [0.1, 0.15) is 35.4 Å². The summed E-state index contributed by atoms with van der Waals surface area (Å²) in [5.41, 5.74) is 10.8. The summed E-state index contributed by atoms with van der Waals surface area (Å²) in [5, 5.41) is 0. The van der Waals surface area contributed by atoms with Gasteiger partial charge in [0, 0.05) is 11.5 Å². The number of hydrogen-bond donors (Lipinski definition) is 1. The Kier molecular flexibility index (Phi) is 1.26. The molecule has 1 saturated carbocycles. The summed E-state index contributed by atoms with van der Waals surface area (Å²) < 4.78 is 0. The summed E-state index contributed by atoms with van der Waals surface area (Å²) in [6, 6.07) is 6.77. The lowest BCUT2D eigenvalue weighted by Gasteiger charge is -2.35. The van der Waals surface area contributed by atoms with Crippen LogP contribution in [0.4, 0.5) is 0 Å². The maximum atomic E-state index is 6.22. The molecule has 0 aromatic heterocycles. The highest BCUT2D eigenvalue weighted by Gasteiger charge is 2.50. The Morgan fingerprint density at radius 3 is 2.85 bits per heavy atom. The third kappa shape index (κ3) is 0.969. The monoisotopic (exact) mass is 173 g/mol. The minimum atomic E-state index is 0.181. The van der Waals surface area contributed by atoms with Crippen molar-refractivity contribution in [1.29, 1.82) is 0 Å². The fraction of sp³-hybridized carbons (Fsp3) is 0.500. The van der Waals surface area contributed by atoms with E-state index in [0.717, 1.165) is 0 Å². The van der Waals surface area contributed by atoms with E-state index in [0.29, 0.717) is 5.92 Å². The Labute approximate surface area is 78.9 Å². The molecule has 1 aromatic rings. The van der Waals surface area contributed by atoms with Crippen LogP contribution in [0.3, 0.4) is 0 Å². The molecular formula is C12H15N. The third-order valence-corrected chi connectivity index (χ3v) is 3.62. The van der Waals surface area contributed by atoms with Gasteiger partial charge in [0.15, 0.2) is 0 Å². The average Bonchev–Trinajstić information content (AvgIpc) is 2.76. The van der Waals surface area contributed by atoms with Crippen molar-refractivity contribution in [3.05, 3.63) is 34.9 Å². The van der Waals surface area contributed by atoms with E-state index in [1.807, 2.05) is 0 Å². The summed E-state index contributed by atoms with van der Waals surface area (Å²) in [6.45, 7) is 2.16. The van der Waals surface area contributed by atoms with E-state index in [-0.39, 0.29) is 5.54 Å². The van der Waals surface area contributed by atoms with Crippen molar-refractivity contribution in [2.75, 3.05) is 0 Å². The normalized spacial score (nSPS) is 27.7. The van der Waals surface area contributed by atoms with Gasteiger partial charge in [-0.05, 0) is 37.3 Å². The number of benzene rings is 1. The molecule has 0 spiro atoms. The maximum Gasteiger partial charge on any atom is 0.0228 e. The molecule has 1 nitrogen and oxygen atoms in total. The molecule has 2 N–H and O–H groups in total. The maximum absolute atomic E-state index is 6.22. The van der Waals surface area contributed by atoms with Crippen LogP contribution in [0.25, 0.3) is 0 Å². The molecule has 1 heteroatoms. The van der Waals surface area contributed by atoms with E-state index in [1.54, 1.807) is 0 Å². The molecule has 0 heterocycles. The summed E-state index contributed by atoms with van der Waals surface area (Å²) >= 11 is 0. The van der Waals surface area contributed by atoms with E-state index >= 15 is 0 Å². The van der Waals surface area contributed by atoms with E-state index in [9.17, 15) is 0 Å². The number of hydrogen-bond acceptors (Lipinski definition) is 1. The first-order valence-electron chi connectivity index (χ1n) is 5.07. The molecule has 13 heavy (non-hydrogen) atoms. The predicted octanol–water partition coefficient (Wildman–Crippen LogP) is 2.13. The average molecular weight is 173 g/mol. The van der Waals surface area contributed by atoms with Crippen LogP contribution in [0, 0.1) is 6.92 Å². The van der Waals surface area contributed by atoms with Crippen molar-refractivity contribution < 1.29 is 0 Å². The molecule has 3 rings (SSSR count). The van der Waals surface area contributed by atoms with Gasteiger partial charge < -0.3 is 5.73 Å². The van der Waals surface area contributed by atoms with Gasteiger partial charge in [0.2, 0.25) is 0 Å². The van der Waals surface area contributed by atoms with Crippen molar-refractivity contribution >= 4 is 0 Å². The lowest BCUT2D eigenvalue weighted by molar-refractivity contribution is 0.469. The first-order chi connectivity index (χ1) is 6.19. The Hall–Kier alpha value is -0.820. The van der Waals surface area contributed by atoms with Gasteiger partial charge in [-0.15, -0.1) is 0 Å². The third-order valence-electron chi connectivity index (χ3n) is 3.62. The smallest absolute Gasteiger partial charge is 0.0228 e. The molecule has 68 valence electrons. The van der Waals surface area contributed by atoms with Crippen molar-refractivity contribution in [2.45, 2.75) is 37.6 Å². The predicted molar refractivity (Wildman–Crippen MR) is 53.8 cm³/mol. The molecule has 0 bridgehead atoms. The standard InChI is InChI=1S/C12H15N/c1-8-2-3-9-7-11(10(9)6-8)12(13)4-5-12/h2-3,6,11H,4-5,7,13H2,1H3.